The molecule has 0 N–H and O–H groups in total. The predicted octanol–water partition coefficient (Wildman–Crippen LogP) is 7.23. The minimum absolute atomic E-state index is 0.00338. The summed E-state index contributed by atoms with van der Waals surface area (Å²) in [5, 5.41) is 0. The van der Waals surface area contributed by atoms with E-state index in [2.05, 4.69) is 32.1 Å². The minimum atomic E-state index is -3.76. The first-order chi connectivity index (χ1) is 11.8. The Bertz CT molecular complexity index is 595. The predicted molar refractivity (Wildman–Crippen MR) is 107 cm³/mol. The average Bonchev–Trinajstić information content (AvgIpc) is 2.56. The molecule has 2 nitrogen and oxygen atoms in total. The largest absolute Gasteiger partial charge is 0.230 e. The number of hydrogen-bond acceptors (Lipinski definition) is 2. The van der Waals surface area contributed by atoms with E-state index in [-0.39, 0.29) is 10.3 Å². The van der Waals surface area contributed by atoms with Crippen molar-refractivity contribution >= 4 is 10.1 Å². The third kappa shape index (κ3) is 8.84. The molecule has 0 aliphatic rings. The maximum atomic E-state index is 14.4. The molecule has 0 heterocycles. The molecule has 0 bridgehead atoms. The van der Waals surface area contributed by atoms with Crippen LogP contribution < -0.4 is 0 Å². The van der Waals surface area contributed by atoms with Gasteiger partial charge < -0.3 is 0 Å². The SMILES string of the molecule is CCCCCCCCCCCN=[S@](=O)(F)c1ccc(C(C)(C)C)cc1. The van der Waals surface area contributed by atoms with Gasteiger partial charge in [-0.05, 0) is 29.5 Å². The van der Waals surface area contributed by atoms with Gasteiger partial charge in [-0.25, -0.2) is 8.57 Å². The molecule has 0 saturated heterocycles. The summed E-state index contributed by atoms with van der Waals surface area (Å²) >= 11 is 0. The van der Waals surface area contributed by atoms with Crippen molar-refractivity contribution in [1.82, 2.24) is 0 Å². The van der Waals surface area contributed by atoms with Gasteiger partial charge in [0.15, 0.2) is 0 Å². The molecule has 0 amide bonds. The van der Waals surface area contributed by atoms with Gasteiger partial charge in [-0.2, -0.15) is 0 Å². The van der Waals surface area contributed by atoms with Gasteiger partial charge >= 0.3 is 0 Å². The normalized spacial score (nSPS) is 14.3. The van der Waals surface area contributed by atoms with E-state index in [0.717, 1.165) is 24.8 Å². The van der Waals surface area contributed by atoms with Crippen molar-refractivity contribution in [3.8, 4) is 0 Å². The van der Waals surface area contributed by atoms with Crippen LogP contribution in [-0.4, -0.2) is 10.8 Å². The Morgan fingerprint density at radius 1 is 0.880 bits per heavy atom. The van der Waals surface area contributed by atoms with Gasteiger partial charge in [0, 0.05) is 0 Å². The molecular weight excluding hydrogens is 333 g/mol. The molecule has 0 aliphatic heterocycles. The lowest BCUT2D eigenvalue weighted by molar-refractivity contribution is 0.566. The first kappa shape index (κ1) is 22.1. The van der Waals surface area contributed by atoms with Crippen molar-refractivity contribution in [2.75, 3.05) is 6.54 Å². The van der Waals surface area contributed by atoms with Crippen molar-refractivity contribution < 1.29 is 8.09 Å². The zero-order valence-electron chi connectivity index (χ0n) is 16.5. The van der Waals surface area contributed by atoms with Gasteiger partial charge in [-0.1, -0.05) is 91.2 Å². The molecule has 1 atom stereocenters. The van der Waals surface area contributed by atoms with Crippen LogP contribution in [0.3, 0.4) is 0 Å². The number of nitrogens with zero attached hydrogens (tertiary/aromatic N) is 1. The monoisotopic (exact) mass is 369 g/mol. The number of rotatable bonds is 11. The summed E-state index contributed by atoms with van der Waals surface area (Å²) in [5.41, 5.74) is 1.11. The Balaban J connectivity index is 2.35. The number of hydrogen-bond donors (Lipinski definition) is 0. The van der Waals surface area contributed by atoms with Gasteiger partial charge in [0.05, 0.1) is 11.4 Å². The summed E-state index contributed by atoms with van der Waals surface area (Å²) < 4.78 is 30.3. The molecule has 1 aromatic carbocycles. The highest BCUT2D eigenvalue weighted by atomic mass is 32.3. The second-order valence-corrected chi connectivity index (χ2v) is 9.56. The van der Waals surface area contributed by atoms with Crippen LogP contribution in [0.15, 0.2) is 33.5 Å². The van der Waals surface area contributed by atoms with Gasteiger partial charge in [0.1, 0.15) is 0 Å². The Hall–Kier alpha value is -0.900. The van der Waals surface area contributed by atoms with Crippen molar-refractivity contribution in [1.29, 1.82) is 0 Å². The molecular formula is C21H36FNOS. The van der Waals surface area contributed by atoms with E-state index < -0.39 is 10.1 Å². The van der Waals surface area contributed by atoms with Crippen LogP contribution in [0.25, 0.3) is 0 Å². The van der Waals surface area contributed by atoms with Gasteiger partial charge in [-0.15, -0.1) is 3.89 Å². The minimum Gasteiger partial charge on any atom is -0.211 e. The molecule has 0 unspecified atom stereocenters. The lowest BCUT2D eigenvalue weighted by atomic mass is 9.87. The molecule has 25 heavy (non-hydrogen) atoms. The van der Waals surface area contributed by atoms with Crippen molar-refractivity contribution in [2.24, 2.45) is 4.36 Å². The molecule has 0 saturated carbocycles. The van der Waals surface area contributed by atoms with Gasteiger partial charge in [0.2, 0.25) is 10.1 Å². The third-order valence-electron chi connectivity index (χ3n) is 4.53. The van der Waals surface area contributed by atoms with E-state index >= 15 is 0 Å². The van der Waals surface area contributed by atoms with Gasteiger partial charge in [-0.3, -0.25) is 0 Å². The molecule has 0 radical (unpaired) electrons. The average molecular weight is 370 g/mol. The van der Waals surface area contributed by atoms with Crippen LogP contribution in [0.1, 0.15) is 91.0 Å². The number of unbranched alkanes of at least 4 members (excludes halogenated alkanes) is 8. The summed E-state index contributed by atoms with van der Waals surface area (Å²) in [6.07, 6.45) is 10.8. The first-order valence-electron chi connectivity index (χ1n) is 9.80. The summed E-state index contributed by atoms with van der Waals surface area (Å²) in [7, 11) is -3.76. The molecule has 1 rings (SSSR count). The van der Waals surface area contributed by atoms with E-state index in [4.69, 9.17) is 0 Å². The lowest BCUT2D eigenvalue weighted by Crippen LogP contribution is -2.10. The van der Waals surface area contributed by atoms with E-state index in [1.165, 1.54) is 38.5 Å². The van der Waals surface area contributed by atoms with Crippen LogP contribution in [0.2, 0.25) is 0 Å². The lowest BCUT2D eigenvalue weighted by Gasteiger charge is -2.18. The summed E-state index contributed by atoms with van der Waals surface area (Å²) in [5.74, 6) is 0. The van der Waals surface area contributed by atoms with Crippen LogP contribution in [0.5, 0.6) is 0 Å². The molecule has 0 aliphatic carbocycles. The quantitative estimate of drug-likeness (QED) is 0.299. The van der Waals surface area contributed by atoms with E-state index in [0.29, 0.717) is 6.54 Å². The second-order valence-electron chi connectivity index (χ2n) is 7.91. The standard InChI is InChI=1S/C21H36FNOS/c1-5-6-7-8-9-10-11-12-13-18-23-25(22,24)20-16-14-19(15-17-20)21(2,3)4/h14-17H,5-13,18H2,1-4H3/t25-/m1/s1. The van der Waals surface area contributed by atoms with Crippen LogP contribution >= 0.6 is 0 Å². The highest BCUT2D eigenvalue weighted by molar-refractivity contribution is 7.88. The Labute approximate surface area is 155 Å². The molecule has 144 valence electrons. The highest BCUT2D eigenvalue weighted by Crippen LogP contribution is 2.24. The van der Waals surface area contributed by atoms with Crippen molar-refractivity contribution in [3.63, 3.8) is 0 Å². The van der Waals surface area contributed by atoms with Crippen molar-refractivity contribution in [2.45, 2.75) is 95.8 Å². The first-order valence-corrected chi connectivity index (χ1v) is 11.2. The summed E-state index contributed by atoms with van der Waals surface area (Å²) in [6.45, 7) is 8.87. The summed E-state index contributed by atoms with van der Waals surface area (Å²) in [4.78, 5) is 0.191. The maximum Gasteiger partial charge on any atom is 0.230 e. The molecule has 0 fully saturated rings. The van der Waals surface area contributed by atoms with E-state index in [9.17, 15) is 8.09 Å². The fraction of sp³-hybridized carbons (Fsp3) is 0.714. The zero-order valence-corrected chi connectivity index (χ0v) is 17.3. The molecule has 0 spiro atoms. The molecule has 0 aromatic heterocycles. The van der Waals surface area contributed by atoms with Crippen LogP contribution in [-0.2, 0) is 15.5 Å². The maximum absolute atomic E-state index is 14.4. The third-order valence-corrected chi connectivity index (χ3v) is 5.90. The summed E-state index contributed by atoms with van der Waals surface area (Å²) in [6, 6.07) is 6.93. The molecule has 1 aromatic rings. The van der Waals surface area contributed by atoms with Crippen LogP contribution in [0.4, 0.5) is 3.89 Å². The van der Waals surface area contributed by atoms with Gasteiger partial charge in [0.25, 0.3) is 0 Å². The number of halogens is 1. The highest BCUT2D eigenvalue weighted by Gasteiger charge is 2.15. The molecule has 4 heteroatoms. The number of benzene rings is 1. The second kappa shape index (κ2) is 10.9. The topological polar surface area (TPSA) is 29.4 Å². The Morgan fingerprint density at radius 2 is 1.36 bits per heavy atom. The van der Waals surface area contributed by atoms with E-state index in [1.807, 2.05) is 12.1 Å². The van der Waals surface area contributed by atoms with E-state index in [1.54, 1.807) is 12.1 Å². The zero-order chi connectivity index (χ0) is 18.8. The fourth-order valence-electron chi connectivity index (χ4n) is 2.80. The fourth-order valence-corrected chi connectivity index (χ4v) is 3.79. The Kier molecular flexibility index (Phi) is 9.70. The smallest absolute Gasteiger partial charge is 0.211 e. The van der Waals surface area contributed by atoms with Crippen molar-refractivity contribution in [3.05, 3.63) is 29.8 Å². The van der Waals surface area contributed by atoms with Crippen LogP contribution in [0, 0.1) is 0 Å². The Morgan fingerprint density at radius 3 is 1.84 bits per heavy atom.